The summed E-state index contributed by atoms with van der Waals surface area (Å²) in [6.07, 6.45) is 4.29. The van der Waals surface area contributed by atoms with Gasteiger partial charge in [0.15, 0.2) is 5.65 Å². The molecule has 150 valence electrons. The van der Waals surface area contributed by atoms with E-state index in [1.807, 2.05) is 10.7 Å². The second kappa shape index (κ2) is 7.70. The number of aromatic amines is 1. The van der Waals surface area contributed by atoms with Gasteiger partial charge in [-0.05, 0) is 24.6 Å². The van der Waals surface area contributed by atoms with Crippen LogP contribution in [0.2, 0.25) is 5.02 Å². The van der Waals surface area contributed by atoms with E-state index < -0.39 is 5.82 Å². The average Bonchev–Trinajstić information content (AvgIpc) is 3.33. The van der Waals surface area contributed by atoms with Gasteiger partial charge in [0.05, 0.1) is 30.3 Å². The van der Waals surface area contributed by atoms with Gasteiger partial charge in [-0.2, -0.15) is 5.10 Å². The Labute approximate surface area is 171 Å². The van der Waals surface area contributed by atoms with E-state index >= 15 is 0 Å². The van der Waals surface area contributed by atoms with Crippen LogP contribution >= 0.6 is 11.6 Å². The van der Waals surface area contributed by atoms with Gasteiger partial charge in [-0.25, -0.2) is 14.4 Å². The maximum absolute atomic E-state index is 14.9. The van der Waals surface area contributed by atoms with Gasteiger partial charge in [0.25, 0.3) is 0 Å². The van der Waals surface area contributed by atoms with E-state index in [0.717, 1.165) is 39.3 Å². The Morgan fingerprint density at radius 1 is 1.21 bits per heavy atom. The molecular formula is C20H20ClFN6O. The summed E-state index contributed by atoms with van der Waals surface area (Å²) in [5.41, 5.74) is 3.09. The van der Waals surface area contributed by atoms with Crippen LogP contribution < -0.4 is 0 Å². The third kappa shape index (κ3) is 3.59. The topological polar surface area (TPSA) is 71.9 Å². The van der Waals surface area contributed by atoms with Crippen LogP contribution in [-0.4, -0.2) is 62.5 Å². The maximum atomic E-state index is 14.9. The number of nitrogens with zero attached hydrogens (tertiary/aromatic N) is 5. The van der Waals surface area contributed by atoms with Crippen LogP contribution in [0.1, 0.15) is 6.42 Å². The zero-order valence-corrected chi connectivity index (χ0v) is 16.5. The molecule has 1 aliphatic heterocycles. The highest BCUT2D eigenvalue weighted by atomic mass is 35.5. The van der Waals surface area contributed by atoms with Crippen molar-refractivity contribution in [2.45, 2.75) is 13.0 Å². The highest BCUT2D eigenvalue weighted by Gasteiger charge is 2.19. The molecule has 0 spiro atoms. The maximum Gasteiger partial charge on any atom is 0.156 e. The van der Waals surface area contributed by atoms with Crippen LogP contribution in [0.25, 0.3) is 33.5 Å². The van der Waals surface area contributed by atoms with E-state index in [1.54, 1.807) is 18.5 Å². The molecule has 0 unspecified atom stereocenters. The normalized spacial score (nSPS) is 15.5. The second-order valence-corrected chi connectivity index (χ2v) is 7.56. The number of fused-ring (bicyclic) bond motifs is 2. The Bertz CT molecular complexity index is 1170. The molecule has 7 nitrogen and oxygen atoms in total. The van der Waals surface area contributed by atoms with Crippen LogP contribution in [0, 0.1) is 5.82 Å². The van der Waals surface area contributed by atoms with E-state index in [2.05, 4.69) is 19.9 Å². The summed E-state index contributed by atoms with van der Waals surface area (Å²) in [5, 5.41) is 5.47. The van der Waals surface area contributed by atoms with Gasteiger partial charge < -0.3 is 9.72 Å². The first-order valence-corrected chi connectivity index (χ1v) is 10.0. The minimum atomic E-state index is -0.405. The number of halogens is 2. The molecule has 4 heterocycles. The third-order valence-corrected chi connectivity index (χ3v) is 5.44. The minimum absolute atomic E-state index is 0.350. The van der Waals surface area contributed by atoms with E-state index in [1.165, 1.54) is 6.07 Å². The number of ether oxygens (including phenoxy) is 1. The third-order valence-electron chi connectivity index (χ3n) is 5.22. The van der Waals surface area contributed by atoms with Gasteiger partial charge in [-0.1, -0.05) is 11.6 Å². The standard InChI is InChI=1S/C20H20ClFN6O/c21-13-10-14(22)18-17(11-13)28(5-1-4-27-6-8-29-9-7-27)26-19(18)16-12-24-20-15(25-16)2-3-23-20/h2-3,10-12H,1,4-9H2,(H,23,24). The quantitative estimate of drug-likeness (QED) is 0.541. The van der Waals surface area contributed by atoms with Gasteiger partial charge in [0.2, 0.25) is 0 Å². The number of nitrogens with one attached hydrogen (secondary N) is 1. The molecule has 0 radical (unpaired) electrons. The Hall–Kier alpha value is -2.55. The van der Waals surface area contributed by atoms with Crippen molar-refractivity contribution >= 4 is 33.7 Å². The summed E-state index contributed by atoms with van der Waals surface area (Å²) >= 11 is 6.14. The van der Waals surface area contributed by atoms with Crippen molar-refractivity contribution in [2.75, 3.05) is 32.8 Å². The Morgan fingerprint density at radius 2 is 2.07 bits per heavy atom. The smallest absolute Gasteiger partial charge is 0.156 e. The van der Waals surface area contributed by atoms with Crippen LogP contribution in [0.5, 0.6) is 0 Å². The lowest BCUT2D eigenvalue weighted by molar-refractivity contribution is 0.0368. The summed E-state index contributed by atoms with van der Waals surface area (Å²) in [5.74, 6) is -0.405. The molecule has 9 heteroatoms. The molecule has 0 aliphatic carbocycles. The molecule has 5 rings (SSSR count). The summed E-state index contributed by atoms with van der Waals surface area (Å²) in [6, 6.07) is 4.91. The predicted octanol–water partition coefficient (Wildman–Crippen LogP) is 3.49. The summed E-state index contributed by atoms with van der Waals surface area (Å²) in [4.78, 5) is 14.3. The minimum Gasteiger partial charge on any atom is -0.379 e. The number of benzene rings is 1. The number of H-pyrrole nitrogens is 1. The van der Waals surface area contributed by atoms with Crippen molar-refractivity contribution in [3.63, 3.8) is 0 Å². The van der Waals surface area contributed by atoms with Crippen molar-refractivity contribution in [2.24, 2.45) is 0 Å². The summed E-state index contributed by atoms with van der Waals surface area (Å²) in [6.45, 7) is 5.03. The molecule has 3 aromatic heterocycles. The van der Waals surface area contributed by atoms with Crippen molar-refractivity contribution in [1.82, 2.24) is 29.6 Å². The van der Waals surface area contributed by atoms with Crippen LogP contribution in [0.15, 0.2) is 30.6 Å². The van der Waals surface area contributed by atoms with Crippen molar-refractivity contribution < 1.29 is 9.13 Å². The molecule has 0 saturated carbocycles. The van der Waals surface area contributed by atoms with E-state index in [9.17, 15) is 4.39 Å². The lowest BCUT2D eigenvalue weighted by atomic mass is 10.1. The highest BCUT2D eigenvalue weighted by molar-refractivity contribution is 6.31. The first-order chi connectivity index (χ1) is 14.2. The van der Waals surface area contributed by atoms with Crippen LogP contribution in [0.4, 0.5) is 4.39 Å². The van der Waals surface area contributed by atoms with Crippen molar-refractivity contribution in [3.05, 3.63) is 41.4 Å². The largest absolute Gasteiger partial charge is 0.379 e. The molecule has 1 aliphatic rings. The number of hydrogen-bond acceptors (Lipinski definition) is 5. The van der Waals surface area contributed by atoms with Crippen LogP contribution in [0.3, 0.4) is 0 Å². The zero-order valence-electron chi connectivity index (χ0n) is 15.7. The Morgan fingerprint density at radius 3 is 2.93 bits per heavy atom. The molecule has 0 atom stereocenters. The molecule has 1 saturated heterocycles. The fourth-order valence-electron chi connectivity index (χ4n) is 3.79. The van der Waals surface area contributed by atoms with E-state index in [4.69, 9.17) is 21.4 Å². The predicted molar refractivity (Wildman–Crippen MR) is 109 cm³/mol. The summed E-state index contributed by atoms with van der Waals surface area (Å²) < 4.78 is 22.1. The molecule has 0 amide bonds. The fraction of sp³-hybridized carbons (Fsp3) is 0.350. The molecule has 1 aromatic carbocycles. The summed E-state index contributed by atoms with van der Waals surface area (Å²) in [7, 11) is 0. The number of hydrogen-bond donors (Lipinski definition) is 1. The first kappa shape index (κ1) is 18.5. The monoisotopic (exact) mass is 414 g/mol. The molecule has 1 fully saturated rings. The Balaban J connectivity index is 1.50. The van der Waals surface area contributed by atoms with Gasteiger partial charge in [0, 0.05) is 37.4 Å². The number of rotatable bonds is 5. The average molecular weight is 415 g/mol. The molecule has 4 aromatic rings. The lowest BCUT2D eigenvalue weighted by Crippen LogP contribution is -2.37. The lowest BCUT2D eigenvalue weighted by Gasteiger charge is -2.26. The zero-order chi connectivity index (χ0) is 19.8. The van der Waals surface area contributed by atoms with E-state index in [0.29, 0.717) is 45.0 Å². The van der Waals surface area contributed by atoms with Crippen LogP contribution in [-0.2, 0) is 11.3 Å². The van der Waals surface area contributed by atoms with Crippen molar-refractivity contribution in [1.29, 1.82) is 0 Å². The van der Waals surface area contributed by atoms with Gasteiger partial charge >= 0.3 is 0 Å². The molecular weight excluding hydrogens is 395 g/mol. The number of aryl methyl sites for hydroxylation is 1. The highest BCUT2D eigenvalue weighted by Crippen LogP contribution is 2.32. The SMILES string of the molecule is Fc1cc(Cl)cc2c1c(-c1cnc3[nH]ccc3n1)nn2CCCN1CCOCC1. The Kier molecular flexibility index (Phi) is 4.91. The van der Waals surface area contributed by atoms with Gasteiger partial charge in [-0.3, -0.25) is 9.58 Å². The molecule has 1 N–H and O–H groups in total. The number of morpholine rings is 1. The fourth-order valence-corrected chi connectivity index (χ4v) is 3.98. The van der Waals surface area contributed by atoms with Gasteiger partial charge in [0.1, 0.15) is 22.7 Å². The number of aromatic nitrogens is 5. The molecule has 29 heavy (non-hydrogen) atoms. The second-order valence-electron chi connectivity index (χ2n) is 7.13. The van der Waals surface area contributed by atoms with Gasteiger partial charge in [-0.15, -0.1) is 0 Å². The molecule has 0 bridgehead atoms. The first-order valence-electron chi connectivity index (χ1n) is 9.65. The van der Waals surface area contributed by atoms with Crippen molar-refractivity contribution in [3.8, 4) is 11.4 Å². The van der Waals surface area contributed by atoms with E-state index in [-0.39, 0.29) is 0 Å².